The summed E-state index contributed by atoms with van der Waals surface area (Å²) in [5.74, 6) is 0.689. The Kier molecular flexibility index (Phi) is 4.55. The average Bonchev–Trinajstić information content (AvgIpc) is 3.18. The fraction of sp³-hybridized carbons (Fsp3) is 0.471. The van der Waals surface area contributed by atoms with Crippen molar-refractivity contribution in [3.8, 4) is 0 Å². The number of anilines is 1. The Labute approximate surface area is 125 Å². The van der Waals surface area contributed by atoms with Crippen molar-refractivity contribution in [1.82, 2.24) is 9.78 Å². The van der Waals surface area contributed by atoms with Gasteiger partial charge in [-0.3, -0.25) is 4.68 Å². The van der Waals surface area contributed by atoms with Crippen molar-refractivity contribution < 1.29 is 5.11 Å². The molecule has 0 radical (unpaired) electrons. The van der Waals surface area contributed by atoms with Crippen LogP contribution < -0.4 is 5.32 Å². The van der Waals surface area contributed by atoms with Gasteiger partial charge in [0.05, 0.1) is 31.1 Å². The normalized spacial score (nSPS) is 17.0. The van der Waals surface area contributed by atoms with Crippen LogP contribution in [0.2, 0.25) is 0 Å². The highest BCUT2D eigenvalue weighted by Gasteiger charge is 2.26. The van der Waals surface area contributed by atoms with Crippen molar-refractivity contribution in [3.63, 3.8) is 0 Å². The Morgan fingerprint density at radius 3 is 2.71 bits per heavy atom. The van der Waals surface area contributed by atoms with Crippen molar-refractivity contribution in [1.29, 1.82) is 0 Å². The second-order valence-electron chi connectivity index (χ2n) is 5.79. The molecule has 1 aliphatic rings. The lowest BCUT2D eigenvalue weighted by Crippen LogP contribution is -2.18. The van der Waals surface area contributed by atoms with Crippen LogP contribution in [0.25, 0.3) is 0 Å². The second-order valence-corrected chi connectivity index (χ2v) is 5.79. The number of aliphatic hydroxyl groups excluding tert-OH is 1. The number of rotatable bonds is 6. The molecule has 1 heterocycles. The molecule has 2 N–H and O–H groups in total. The summed E-state index contributed by atoms with van der Waals surface area (Å²) >= 11 is 0. The van der Waals surface area contributed by atoms with Crippen LogP contribution in [0.4, 0.5) is 5.69 Å². The molecule has 0 saturated heterocycles. The summed E-state index contributed by atoms with van der Waals surface area (Å²) in [5, 5.41) is 16.9. The molecule has 21 heavy (non-hydrogen) atoms. The number of nitrogens with zero attached hydrogens (tertiary/aromatic N) is 2. The number of nitrogens with one attached hydrogen (secondary N) is 1. The van der Waals surface area contributed by atoms with Crippen molar-refractivity contribution in [2.75, 3.05) is 11.9 Å². The van der Waals surface area contributed by atoms with Crippen LogP contribution in [0.3, 0.4) is 0 Å². The zero-order chi connectivity index (χ0) is 14.5. The molecule has 1 unspecified atom stereocenters. The van der Waals surface area contributed by atoms with Gasteiger partial charge in [0.1, 0.15) is 0 Å². The predicted octanol–water partition coefficient (Wildman–Crippen LogP) is 3.22. The van der Waals surface area contributed by atoms with Gasteiger partial charge in [-0.05, 0) is 24.3 Å². The van der Waals surface area contributed by atoms with Crippen molar-refractivity contribution >= 4 is 5.69 Å². The molecule has 1 saturated carbocycles. The minimum absolute atomic E-state index is 0.117. The molecule has 0 amide bonds. The van der Waals surface area contributed by atoms with E-state index in [0.717, 1.165) is 5.69 Å². The summed E-state index contributed by atoms with van der Waals surface area (Å²) in [4.78, 5) is 0. The van der Waals surface area contributed by atoms with Crippen LogP contribution >= 0.6 is 0 Å². The maximum Gasteiger partial charge on any atom is 0.0731 e. The van der Waals surface area contributed by atoms with Gasteiger partial charge in [0.25, 0.3) is 0 Å². The van der Waals surface area contributed by atoms with Crippen LogP contribution in [-0.4, -0.2) is 21.5 Å². The third-order valence-corrected chi connectivity index (χ3v) is 4.31. The first kappa shape index (κ1) is 14.1. The standard InChI is InChI=1S/C17H23N3O/c21-11-10-20-13-16(12-18-20)19-17(15-8-4-5-9-15)14-6-2-1-3-7-14/h1-3,6-7,12-13,15,17,19,21H,4-5,8-11H2. The Morgan fingerprint density at radius 1 is 1.24 bits per heavy atom. The molecule has 1 atom stereocenters. The van der Waals surface area contributed by atoms with Gasteiger partial charge in [-0.25, -0.2) is 0 Å². The molecule has 1 aliphatic carbocycles. The first-order chi connectivity index (χ1) is 10.4. The number of aromatic nitrogens is 2. The van der Waals surface area contributed by atoms with E-state index in [9.17, 15) is 0 Å². The Morgan fingerprint density at radius 2 is 2.00 bits per heavy atom. The molecular weight excluding hydrogens is 262 g/mol. The molecule has 0 aliphatic heterocycles. The van der Waals surface area contributed by atoms with E-state index in [0.29, 0.717) is 18.5 Å². The first-order valence-electron chi connectivity index (χ1n) is 7.81. The molecule has 1 aromatic heterocycles. The van der Waals surface area contributed by atoms with E-state index in [-0.39, 0.29) is 6.61 Å². The van der Waals surface area contributed by atoms with Gasteiger partial charge in [-0.1, -0.05) is 43.2 Å². The second kappa shape index (κ2) is 6.76. The van der Waals surface area contributed by atoms with E-state index in [4.69, 9.17) is 5.11 Å². The summed E-state index contributed by atoms with van der Waals surface area (Å²) in [5.41, 5.74) is 2.38. The Bertz CT molecular complexity index is 546. The third-order valence-electron chi connectivity index (χ3n) is 4.31. The molecule has 2 aromatic rings. The lowest BCUT2D eigenvalue weighted by atomic mass is 9.91. The fourth-order valence-corrected chi connectivity index (χ4v) is 3.27. The average molecular weight is 285 g/mol. The summed E-state index contributed by atoms with van der Waals surface area (Å²) in [6.07, 6.45) is 9.06. The van der Waals surface area contributed by atoms with Gasteiger partial charge in [0.2, 0.25) is 0 Å². The summed E-state index contributed by atoms with van der Waals surface area (Å²) in [6.45, 7) is 0.660. The Hall–Kier alpha value is -1.81. The zero-order valence-corrected chi connectivity index (χ0v) is 12.3. The highest BCUT2D eigenvalue weighted by Crippen LogP contribution is 2.37. The molecule has 3 rings (SSSR count). The molecule has 1 aromatic carbocycles. The summed E-state index contributed by atoms with van der Waals surface area (Å²) < 4.78 is 1.78. The zero-order valence-electron chi connectivity index (χ0n) is 12.3. The smallest absolute Gasteiger partial charge is 0.0731 e. The minimum Gasteiger partial charge on any atom is -0.394 e. The summed E-state index contributed by atoms with van der Waals surface area (Å²) in [6, 6.07) is 11.0. The minimum atomic E-state index is 0.117. The van der Waals surface area contributed by atoms with Crippen LogP contribution in [0.5, 0.6) is 0 Å². The van der Waals surface area contributed by atoms with E-state index in [2.05, 4.69) is 40.7 Å². The molecule has 4 heteroatoms. The van der Waals surface area contributed by atoms with Gasteiger partial charge >= 0.3 is 0 Å². The molecule has 0 bridgehead atoms. The van der Waals surface area contributed by atoms with Crippen LogP contribution in [0, 0.1) is 5.92 Å². The van der Waals surface area contributed by atoms with Crippen LogP contribution in [-0.2, 0) is 6.54 Å². The fourth-order valence-electron chi connectivity index (χ4n) is 3.27. The molecule has 4 nitrogen and oxygen atoms in total. The molecule has 112 valence electrons. The van der Waals surface area contributed by atoms with Gasteiger partial charge in [0.15, 0.2) is 0 Å². The predicted molar refractivity (Wildman–Crippen MR) is 84.1 cm³/mol. The topological polar surface area (TPSA) is 50.1 Å². The highest BCUT2D eigenvalue weighted by molar-refractivity contribution is 5.42. The summed E-state index contributed by atoms with van der Waals surface area (Å²) in [7, 11) is 0. The van der Waals surface area contributed by atoms with Gasteiger partial charge in [0, 0.05) is 6.20 Å². The number of hydrogen-bond donors (Lipinski definition) is 2. The SMILES string of the molecule is OCCn1cc(NC(c2ccccc2)C2CCCC2)cn1. The van der Waals surface area contributed by atoms with Crippen LogP contribution in [0.1, 0.15) is 37.3 Å². The maximum atomic E-state index is 8.98. The Balaban J connectivity index is 1.78. The van der Waals surface area contributed by atoms with E-state index < -0.39 is 0 Å². The van der Waals surface area contributed by atoms with Crippen LogP contribution in [0.15, 0.2) is 42.7 Å². The molecular formula is C17H23N3O. The van der Waals surface area contributed by atoms with E-state index in [1.807, 2.05) is 12.4 Å². The largest absolute Gasteiger partial charge is 0.394 e. The molecule has 0 spiro atoms. The first-order valence-corrected chi connectivity index (χ1v) is 7.81. The quantitative estimate of drug-likeness (QED) is 0.857. The number of benzene rings is 1. The van der Waals surface area contributed by atoms with Crippen molar-refractivity contribution in [2.24, 2.45) is 5.92 Å². The lowest BCUT2D eigenvalue weighted by molar-refractivity contribution is 0.269. The number of aliphatic hydroxyl groups is 1. The van der Waals surface area contributed by atoms with Gasteiger partial charge in [-0.15, -0.1) is 0 Å². The van der Waals surface area contributed by atoms with E-state index in [1.54, 1.807) is 4.68 Å². The van der Waals surface area contributed by atoms with E-state index >= 15 is 0 Å². The number of hydrogen-bond acceptors (Lipinski definition) is 3. The third kappa shape index (κ3) is 3.45. The monoisotopic (exact) mass is 285 g/mol. The lowest BCUT2D eigenvalue weighted by Gasteiger charge is -2.25. The van der Waals surface area contributed by atoms with Gasteiger partial charge in [-0.2, -0.15) is 5.10 Å². The van der Waals surface area contributed by atoms with E-state index in [1.165, 1.54) is 31.2 Å². The van der Waals surface area contributed by atoms with Crippen molar-refractivity contribution in [2.45, 2.75) is 38.3 Å². The maximum absolute atomic E-state index is 8.98. The molecule has 1 fully saturated rings. The van der Waals surface area contributed by atoms with Gasteiger partial charge < -0.3 is 10.4 Å². The van der Waals surface area contributed by atoms with Crippen molar-refractivity contribution in [3.05, 3.63) is 48.3 Å². The highest BCUT2D eigenvalue weighted by atomic mass is 16.3.